The zero-order valence-electron chi connectivity index (χ0n) is 42.9. The van der Waals surface area contributed by atoms with Crippen molar-refractivity contribution >= 4 is 90.3 Å². The van der Waals surface area contributed by atoms with Crippen LogP contribution in [0.5, 0.6) is 23.0 Å². The van der Waals surface area contributed by atoms with Crippen LogP contribution in [0, 0.1) is 23.3 Å². The maximum absolute atomic E-state index is 14.1. The molecular weight excluding hydrogens is 1280 g/mol. The van der Waals surface area contributed by atoms with E-state index < -0.39 is 42.3 Å². The Labute approximate surface area is 488 Å². The first-order chi connectivity index (χ1) is 38.2. The molecule has 17 nitrogen and oxygen atoms in total. The number of benzene rings is 4. The SMILES string of the molecule is C=CS(=O)(=O)Nc1ccc(Oc2ccc(F)cc2F)c(-c2c[nH]c(=O)c(CC)c2)c1.CCc1cc(-c2cc(N)ccc2Oc2ccc(F)cc2F)c[nH]c1=O.CCc1cc(Br)c[nH]c1=O.Nc1cc(Br)c[nH]c1=O.O=S(=O)(Cl)CCCl. The van der Waals surface area contributed by atoms with Crippen molar-refractivity contribution in [1.29, 1.82) is 0 Å². The summed E-state index contributed by atoms with van der Waals surface area (Å²) >= 11 is 11.4. The third-order valence-electron chi connectivity index (χ3n) is 10.6. The summed E-state index contributed by atoms with van der Waals surface area (Å²) < 4.78 is 113. The highest BCUT2D eigenvalue weighted by atomic mass is 79.9. The third-order valence-corrected chi connectivity index (χ3v) is 14.0. The first kappa shape index (κ1) is 66.1. The molecule has 430 valence electrons. The average molecular weight is 1330 g/mol. The second kappa shape index (κ2) is 31.0. The number of H-pyrrole nitrogens is 4. The average Bonchev–Trinajstić information content (AvgIpc) is 3.47. The number of aryl methyl sites for hydroxylation is 3. The molecule has 9 N–H and O–H groups in total. The van der Waals surface area contributed by atoms with Crippen LogP contribution in [0.3, 0.4) is 0 Å². The van der Waals surface area contributed by atoms with Gasteiger partial charge in [-0.25, -0.2) is 34.4 Å². The summed E-state index contributed by atoms with van der Waals surface area (Å²) in [5.74, 6) is -3.03. The smallest absolute Gasteiger partial charge is 0.271 e. The minimum atomic E-state index is -3.76. The van der Waals surface area contributed by atoms with Gasteiger partial charge in [-0.2, -0.15) is 0 Å². The standard InChI is InChI=1S/C21H18F2N2O4S.C19H16F2N2O2.C7H8BrNO.C5H5BrN2O.C2H4Cl2O2S/c1-3-13-9-14(12-24-21(13)26)17-11-16(25-30(27,28)4-2)6-8-19(17)29-20-7-5-15(22)10-18(20)23;1-2-11-7-12(10-23-19(11)24)15-9-14(22)4-6-17(15)25-18-5-3-13(20)8-16(18)21;1-2-5-3-6(8)4-9-7(5)10;6-3-1-4(7)5(9)8-2-3;3-1-2-7(4,5)6/h4-12,25H,2-3H2,1H3,(H,24,26);3-10H,2,22H2,1H3,(H,23,24);3-4H,2H2,1H3,(H,9,10);1-2H,7H2,(H,8,9);1-2H2. The van der Waals surface area contributed by atoms with E-state index in [1.807, 2.05) is 26.8 Å². The molecule has 8 rings (SSSR count). The number of alkyl halides is 1. The van der Waals surface area contributed by atoms with Gasteiger partial charge in [-0.05, 0) is 136 Å². The quantitative estimate of drug-likeness (QED) is 0.0232. The van der Waals surface area contributed by atoms with Crippen molar-refractivity contribution in [3.63, 3.8) is 0 Å². The summed E-state index contributed by atoms with van der Waals surface area (Å²) in [5.41, 5.74) is 15.5. The fourth-order valence-electron chi connectivity index (χ4n) is 6.56. The number of hydrogen-bond donors (Lipinski definition) is 7. The van der Waals surface area contributed by atoms with E-state index in [0.29, 0.717) is 63.7 Å². The Morgan fingerprint density at radius 1 is 0.580 bits per heavy atom. The van der Waals surface area contributed by atoms with Gasteiger partial charge in [0.05, 0.1) is 11.4 Å². The molecule has 4 aromatic carbocycles. The van der Waals surface area contributed by atoms with Gasteiger partial charge >= 0.3 is 0 Å². The van der Waals surface area contributed by atoms with E-state index in [-0.39, 0.29) is 62.5 Å². The number of rotatable bonds is 14. The highest BCUT2D eigenvalue weighted by molar-refractivity contribution is 9.10. The van der Waals surface area contributed by atoms with Crippen LogP contribution in [0.4, 0.5) is 34.6 Å². The van der Waals surface area contributed by atoms with Crippen molar-refractivity contribution in [2.75, 3.05) is 27.8 Å². The van der Waals surface area contributed by atoms with Gasteiger partial charge in [-0.3, -0.25) is 23.9 Å². The van der Waals surface area contributed by atoms with Crippen molar-refractivity contribution in [1.82, 2.24) is 19.9 Å². The molecule has 27 heteroatoms. The number of halogens is 8. The minimum absolute atomic E-state index is 0.00528. The Hall–Kier alpha value is -7.42. The molecule has 0 aliphatic heterocycles. The number of aromatic amines is 4. The Morgan fingerprint density at radius 2 is 1.00 bits per heavy atom. The largest absolute Gasteiger partial charge is 0.454 e. The van der Waals surface area contributed by atoms with Crippen molar-refractivity contribution in [2.45, 2.75) is 40.0 Å². The second-order valence-corrected chi connectivity index (χ2v) is 23.1. The van der Waals surface area contributed by atoms with Crippen molar-refractivity contribution in [3.8, 4) is 45.3 Å². The zero-order chi connectivity index (χ0) is 60.2. The molecule has 0 spiro atoms. The Morgan fingerprint density at radius 3 is 1.40 bits per heavy atom. The Kier molecular flexibility index (Phi) is 25.3. The lowest BCUT2D eigenvalue weighted by Crippen LogP contribution is -2.11. The minimum Gasteiger partial charge on any atom is -0.454 e. The van der Waals surface area contributed by atoms with Crippen LogP contribution in [-0.2, 0) is 38.3 Å². The zero-order valence-corrected chi connectivity index (χ0v) is 49.3. The molecule has 4 heterocycles. The van der Waals surface area contributed by atoms with Crippen molar-refractivity contribution < 1.29 is 43.9 Å². The van der Waals surface area contributed by atoms with E-state index in [0.717, 1.165) is 50.6 Å². The van der Waals surface area contributed by atoms with Crippen molar-refractivity contribution in [3.05, 3.63) is 224 Å². The number of anilines is 3. The molecule has 0 fully saturated rings. The molecule has 0 aliphatic carbocycles. The van der Waals surface area contributed by atoms with Gasteiger partial charge in [0.25, 0.3) is 32.3 Å². The van der Waals surface area contributed by atoms with Crippen LogP contribution in [0.15, 0.2) is 162 Å². The van der Waals surface area contributed by atoms with Crippen molar-refractivity contribution in [2.24, 2.45) is 0 Å². The number of nitrogens with two attached hydrogens (primary N) is 2. The lowest BCUT2D eigenvalue weighted by molar-refractivity contribution is 0.439. The van der Waals surface area contributed by atoms with E-state index in [1.165, 1.54) is 30.5 Å². The molecule has 0 aliphatic rings. The maximum Gasteiger partial charge on any atom is 0.271 e. The van der Waals surface area contributed by atoms with Gasteiger partial charge in [0.15, 0.2) is 23.1 Å². The lowest BCUT2D eigenvalue weighted by Gasteiger charge is -2.15. The van der Waals surface area contributed by atoms with E-state index >= 15 is 0 Å². The van der Waals surface area contributed by atoms with Crippen LogP contribution >= 0.6 is 54.1 Å². The van der Waals surface area contributed by atoms with Crippen LogP contribution in [-0.4, -0.2) is 48.4 Å². The van der Waals surface area contributed by atoms with Crippen LogP contribution in [0.2, 0.25) is 0 Å². The summed E-state index contributed by atoms with van der Waals surface area (Å²) in [6, 6.07) is 22.0. The number of aromatic nitrogens is 4. The highest BCUT2D eigenvalue weighted by Crippen LogP contribution is 2.38. The van der Waals surface area contributed by atoms with Gasteiger partial charge in [0, 0.05) is 118 Å². The van der Waals surface area contributed by atoms with Crippen LogP contribution in [0.25, 0.3) is 22.3 Å². The summed E-state index contributed by atoms with van der Waals surface area (Å²) in [6.45, 7) is 8.89. The first-order valence-corrected chi connectivity index (χ1v) is 29.7. The van der Waals surface area contributed by atoms with Gasteiger partial charge in [0.1, 0.15) is 23.1 Å². The fraction of sp³-hybridized carbons (Fsp3) is 0.148. The van der Waals surface area contributed by atoms with Gasteiger partial charge in [-0.15, -0.1) is 11.6 Å². The number of nitrogen functional groups attached to an aromatic ring is 2. The first-order valence-electron chi connectivity index (χ1n) is 23.6. The predicted octanol–water partition coefficient (Wildman–Crippen LogP) is 12.0. The number of pyridine rings is 4. The van der Waals surface area contributed by atoms with E-state index in [1.54, 1.807) is 55.0 Å². The summed E-state index contributed by atoms with van der Waals surface area (Å²) in [5, 5.41) is 0.764. The number of nitrogens with one attached hydrogen (secondary N) is 5. The van der Waals surface area contributed by atoms with Gasteiger partial charge in [0.2, 0.25) is 9.05 Å². The molecule has 0 amide bonds. The number of hydrogen-bond acceptors (Lipinski definition) is 12. The van der Waals surface area contributed by atoms with E-state index in [4.69, 9.17) is 43.2 Å². The Bertz CT molecular complexity index is 3980. The fourth-order valence-corrected chi connectivity index (χ4v) is 9.11. The normalized spacial score (nSPS) is 10.7. The lowest BCUT2D eigenvalue weighted by atomic mass is 10.0. The topological polar surface area (TPSA) is 282 Å². The van der Waals surface area contributed by atoms with E-state index in [2.05, 4.69) is 63.1 Å². The monoisotopic (exact) mass is 1330 g/mol. The van der Waals surface area contributed by atoms with Crippen LogP contribution in [0.1, 0.15) is 37.5 Å². The second-order valence-electron chi connectivity index (χ2n) is 16.4. The number of ether oxygens (including phenoxy) is 2. The molecule has 0 saturated carbocycles. The predicted molar refractivity (Wildman–Crippen MR) is 317 cm³/mol. The summed E-state index contributed by atoms with van der Waals surface area (Å²) in [4.78, 5) is 55.5. The molecule has 0 radical (unpaired) electrons. The summed E-state index contributed by atoms with van der Waals surface area (Å²) in [6.07, 6.45) is 7.97. The maximum atomic E-state index is 14.1. The van der Waals surface area contributed by atoms with Gasteiger partial charge in [-0.1, -0.05) is 27.4 Å². The molecule has 8 aromatic rings. The number of sulfonamides is 1. The highest BCUT2D eigenvalue weighted by Gasteiger charge is 2.17. The molecule has 0 atom stereocenters. The molecule has 81 heavy (non-hydrogen) atoms. The molecule has 0 saturated heterocycles. The van der Waals surface area contributed by atoms with E-state index in [9.17, 15) is 53.6 Å². The molecule has 0 bridgehead atoms. The summed E-state index contributed by atoms with van der Waals surface area (Å²) in [7, 11) is -2.37. The van der Waals surface area contributed by atoms with Gasteiger partial charge < -0.3 is 40.9 Å². The third kappa shape index (κ3) is 21.2. The molecule has 4 aromatic heterocycles. The molecule has 0 unspecified atom stereocenters. The molecular formula is C54H51Br2Cl2F4N7O10S2. The Balaban J connectivity index is 0.000000245. The van der Waals surface area contributed by atoms with Crippen LogP contribution < -0.4 is 47.9 Å².